The van der Waals surface area contributed by atoms with Crippen LogP contribution in [-0.4, -0.2) is 60.2 Å². The van der Waals surface area contributed by atoms with Gasteiger partial charge in [-0.05, 0) is 38.4 Å². The lowest BCUT2D eigenvalue weighted by atomic mass is 10.1. The van der Waals surface area contributed by atoms with E-state index in [1.165, 1.54) is 32.4 Å². The fraction of sp³-hybridized carbons (Fsp3) is 0.714. The smallest absolute Gasteiger partial charge is 0.225 e. The second-order valence-electron chi connectivity index (χ2n) is 5.41. The lowest BCUT2D eigenvalue weighted by Gasteiger charge is -2.39. The molecule has 104 valence electrons. The standard InChI is InChI=1S/C14H23N5/c1-3-13(4-8-15-5-1)18-9-11-19(12-10-18)14-16-6-2-7-17-14/h2,6-7,13,15H,1,3-5,8-12H2. The van der Waals surface area contributed by atoms with Crippen molar-refractivity contribution in [3.8, 4) is 0 Å². The minimum absolute atomic E-state index is 0.772. The second kappa shape index (κ2) is 6.30. The molecule has 2 aliphatic heterocycles. The first-order chi connectivity index (χ1) is 9.43. The monoisotopic (exact) mass is 261 g/mol. The molecule has 0 amide bonds. The third-order valence-electron chi connectivity index (χ3n) is 4.21. The van der Waals surface area contributed by atoms with Crippen LogP contribution in [0.1, 0.15) is 19.3 Å². The van der Waals surface area contributed by atoms with Crippen LogP contribution in [0.25, 0.3) is 0 Å². The van der Waals surface area contributed by atoms with E-state index in [0.717, 1.165) is 38.2 Å². The van der Waals surface area contributed by atoms with Crippen molar-refractivity contribution < 1.29 is 0 Å². The van der Waals surface area contributed by atoms with E-state index in [1.807, 2.05) is 18.5 Å². The van der Waals surface area contributed by atoms with Crippen LogP contribution in [0, 0.1) is 0 Å². The van der Waals surface area contributed by atoms with Crippen molar-refractivity contribution in [2.24, 2.45) is 0 Å². The molecule has 0 aliphatic carbocycles. The average molecular weight is 261 g/mol. The number of rotatable bonds is 2. The van der Waals surface area contributed by atoms with Gasteiger partial charge in [-0.1, -0.05) is 0 Å². The van der Waals surface area contributed by atoms with E-state index in [2.05, 4.69) is 25.1 Å². The first kappa shape index (κ1) is 12.8. The molecule has 1 unspecified atom stereocenters. The molecule has 3 heterocycles. The summed E-state index contributed by atoms with van der Waals surface area (Å²) >= 11 is 0. The molecule has 0 bridgehead atoms. The summed E-state index contributed by atoms with van der Waals surface area (Å²) < 4.78 is 0. The molecule has 0 radical (unpaired) electrons. The molecule has 1 aromatic heterocycles. The third-order valence-corrected chi connectivity index (χ3v) is 4.21. The zero-order valence-electron chi connectivity index (χ0n) is 11.5. The Kier molecular flexibility index (Phi) is 4.25. The Morgan fingerprint density at radius 1 is 1.00 bits per heavy atom. The van der Waals surface area contributed by atoms with Crippen molar-refractivity contribution in [3.63, 3.8) is 0 Å². The summed E-state index contributed by atoms with van der Waals surface area (Å²) in [7, 11) is 0. The topological polar surface area (TPSA) is 44.3 Å². The van der Waals surface area contributed by atoms with E-state index >= 15 is 0 Å². The van der Waals surface area contributed by atoms with Crippen LogP contribution in [0.15, 0.2) is 18.5 Å². The zero-order chi connectivity index (χ0) is 12.9. The van der Waals surface area contributed by atoms with Gasteiger partial charge in [0.05, 0.1) is 0 Å². The molecule has 2 saturated heterocycles. The van der Waals surface area contributed by atoms with Gasteiger partial charge in [0.25, 0.3) is 0 Å². The minimum atomic E-state index is 0.772. The van der Waals surface area contributed by atoms with Crippen LogP contribution in [0.3, 0.4) is 0 Å². The molecule has 0 spiro atoms. The summed E-state index contributed by atoms with van der Waals surface area (Å²) in [4.78, 5) is 13.6. The Morgan fingerprint density at radius 2 is 1.79 bits per heavy atom. The number of hydrogen-bond acceptors (Lipinski definition) is 5. The molecular formula is C14H23N5. The number of piperazine rings is 1. The van der Waals surface area contributed by atoms with E-state index in [0.29, 0.717) is 0 Å². The number of aromatic nitrogens is 2. The van der Waals surface area contributed by atoms with E-state index in [-0.39, 0.29) is 0 Å². The Morgan fingerprint density at radius 3 is 2.58 bits per heavy atom. The maximum atomic E-state index is 4.34. The SMILES string of the molecule is c1cnc(N2CCN(C3CCCNCC3)CC2)nc1. The maximum absolute atomic E-state index is 4.34. The quantitative estimate of drug-likeness (QED) is 0.851. The van der Waals surface area contributed by atoms with Crippen molar-refractivity contribution in [2.45, 2.75) is 25.3 Å². The molecule has 2 aliphatic rings. The molecule has 0 saturated carbocycles. The highest BCUT2D eigenvalue weighted by Crippen LogP contribution is 2.17. The molecule has 19 heavy (non-hydrogen) atoms. The predicted molar refractivity (Wildman–Crippen MR) is 76.3 cm³/mol. The summed E-state index contributed by atoms with van der Waals surface area (Å²) in [6.45, 7) is 6.74. The molecule has 1 atom stereocenters. The Hall–Kier alpha value is -1.20. The van der Waals surface area contributed by atoms with Crippen LogP contribution in [0.5, 0.6) is 0 Å². The number of nitrogens with one attached hydrogen (secondary N) is 1. The second-order valence-corrected chi connectivity index (χ2v) is 5.41. The molecule has 3 rings (SSSR count). The van der Waals surface area contributed by atoms with Gasteiger partial charge >= 0.3 is 0 Å². The molecule has 5 heteroatoms. The zero-order valence-corrected chi connectivity index (χ0v) is 11.5. The van der Waals surface area contributed by atoms with E-state index in [4.69, 9.17) is 0 Å². The minimum Gasteiger partial charge on any atom is -0.338 e. The van der Waals surface area contributed by atoms with Crippen LogP contribution in [0.4, 0.5) is 5.95 Å². The summed E-state index contributed by atoms with van der Waals surface area (Å²) in [5.74, 6) is 0.879. The van der Waals surface area contributed by atoms with Crippen molar-refractivity contribution in [2.75, 3.05) is 44.2 Å². The molecular weight excluding hydrogens is 238 g/mol. The molecule has 2 fully saturated rings. The van der Waals surface area contributed by atoms with Crippen molar-refractivity contribution >= 4 is 5.95 Å². The van der Waals surface area contributed by atoms with Crippen LogP contribution >= 0.6 is 0 Å². The molecule has 1 aromatic rings. The third kappa shape index (κ3) is 3.22. The van der Waals surface area contributed by atoms with E-state index in [9.17, 15) is 0 Å². The lowest BCUT2D eigenvalue weighted by molar-refractivity contribution is 0.171. The van der Waals surface area contributed by atoms with Gasteiger partial charge in [0.15, 0.2) is 0 Å². The number of hydrogen-bond donors (Lipinski definition) is 1. The van der Waals surface area contributed by atoms with Gasteiger partial charge in [-0.25, -0.2) is 9.97 Å². The van der Waals surface area contributed by atoms with Gasteiger partial charge < -0.3 is 10.2 Å². The van der Waals surface area contributed by atoms with Crippen LogP contribution in [0.2, 0.25) is 0 Å². The van der Waals surface area contributed by atoms with Gasteiger partial charge in [-0.15, -0.1) is 0 Å². The summed E-state index contributed by atoms with van der Waals surface area (Å²) in [6.07, 6.45) is 7.60. The van der Waals surface area contributed by atoms with Gasteiger partial charge in [-0.2, -0.15) is 0 Å². The van der Waals surface area contributed by atoms with Crippen LogP contribution in [-0.2, 0) is 0 Å². The summed E-state index contributed by atoms with van der Waals surface area (Å²) in [5.41, 5.74) is 0. The van der Waals surface area contributed by atoms with E-state index < -0.39 is 0 Å². The van der Waals surface area contributed by atoms with Gasteiger partial charge in [0, 0.05) is 44.6 Å². The predicted octanol–water partition coefficient (Wildman–Crippen LogP) is 0.741. The normalized spacial score (nSPS) is 26.1. The lowest BCUT2D eigenvalue weighted by Crippen LogP contribution is -2.51. The first-order valence-corrected chi connectivity index (χ1v) is 7.40. The Balaban J connectivity index is 1.54. The van der Waals surface area contributed by atoms with Crippen molar-refractivity contribution in [1.29, 1.82) is 0 Å². The molecule has 0 aromatic carbocycles. The largest absolute Gasteiger partial charge is 0.338 e. The summed E-state index contributed by atoms with van der Waals surface area (Å²) in [5, 5.41) is 3.49. The van der Waals surface area contributed by atoms with Crippen molar-refractivity contribution in [1.82, 2.24) is 20.2 Å². The van der Waals surface area contributed by atoms with Crippen molar-refractivity contribution in [3.05, 3.63) is 18.5 Å². The number of nitrogens with zero attached hydrogens (tertiary/aromatic N) is 4. The fourth-order valence-electron chi connectivity index (χ4n) is 3.11. The van der Waals surface area contributed by atoms with Gasteiger partial charge in [-0.3, -0.25) is 4.90 Å². The van der Waals surface area contributed by atoms with Gasteiger partial charge in [0.1, 0.15) is 0 Å². The van der Waals surface area contributed by atoms with Gasteiger partial charge in [0.2, 0.25) is 5.95 Å². The number of anilines is 1. The Bertz CT molecular complexity index is 367. The maximum Gasteiger partial charge on any atom is 0.225 e. The fourth-order valence-corrected chi connectivity index (χ4v) is 3.11. The highest BCUT2D eigenvalue weighted by atomic mass is 15.3. The summed E-state index contributed by atoms with van der Waals surface area (Å²) in [6, 6.07) is 2.65. The van der Waals surface area contributed by atoms with E-state index in [1.54, 1.807) is 0 Å². The molecule has 1 N–H and O–H groups in total. The highest BCUT2D eigenvalue weighted by molar-refractivity contribution is 5.29. The first-order valence-electron chi connectivity index (χ1n) is 7.40. The average Bonchev–Trinajstić information content (AvgIpc) is 2.77. The van der Waals surface area contributed by atoms with Crippen LogP contribution < -0.4 is 10.2 Å². The Labute approximate surface area is 115 Å². The molecule has 5 nitrogen and oxygen atoms in total. The highest BCUT2D eigenvalue weighted by Gasteiger charge is 2.25.